The fraction of sp³-hybridized carbons (Fsp3) is 0.667. The van der Waals surface area contributed by atoms with Gasteiger partial charge >= 0.3 is 0 Å². The van der Waals surface area contributed by atoms with Crippen molar-refractivity contribution in [2.24, 2.45) is 0 Å². The van der Waals surface area contributed by atoms with E-state index in [0.29, 0.717) is 6.04 Å². The zero-order chi connectivity index (χ0) is 11.2. The van der Waals surface area contributed by atoms with Crippen molar-refractivity contribution < 1.29 is 4.74 Å². The fourth-order valence-corrected chi connectivity index (χ4v) is 2.00. The quantitative estimate of drug-likeness (QED) is 0.776. The third kappa shape index (κ3) is 3.63. The summed E-state index contributed by atoms with van der Waals surface area (Å²) in [5.41, 5.74) is 1.24. The second kappa shape index (κ2) is 6.03. The molecule has 0 radical (unpaired) electrons. The Kier molecular flexibility index (Phi) is 4.39. The Morgan fingerprint density at radius 3 is 3.00 bits per heavy atom. The molecule has 0 bridgehead atoms. The molecule has 2 rings (SSSR count). The number of hydrogen-bond donors (Lipinski definition) is 2. The number of aromatic nitrogens is 1. The number of nitrogens with one attached hydrogen (secondary N) is 2. The Balaban J connectivity index is 1.65. The highest BCUT2D eigenvalue weighted by molar-refractivity contribution is 5.03. The van der Waals surface area contributed by atoms with E-state index in [9.17, 15) is 0 Å². The van der Waals surface area contributed by atoms with Gasteiger partial charge in [0.2, 0.25) is 0 Å². The van der Waals surface area contributed by atoms with Gasteiger partial charge in [0.1, 0.15) is 0 Å². The Morgan fingerprint density at radius 1 is 1.50 bits per heavy atom. The average molecular weight is 223 g/mol. The molecular formula is C12H21N3O. The molecule has 4 nitrogen and oxygen atoms in total. The first kappa shape index (κ1) is 11.6. The molecular weight excluding hydrogens is 202 g/mol. The summed E-state index contributed by atoms with van der Waals surface area (Å²) < 4.78 is 5.33. The van der Waals surface area contributed by atoms with Crippen molar-refractivity contribution >= 4 is 0 Å². The maximum absolute atomic E-state index is 5.33. The van der Waals surface area contributed by atoms with E-state index in [1.54, 1.807) is 0 Å². The van der Waals surface area contributed by atoms with E-state index >= 15 is 0 Å². The topological polar surface area (TPSA) is 40.3 Å². The number of rotatable bonds is 5. The van der Waals surface area contributed by atoms with Crippen LogP contribution in [0.2, 0.25) is 0 Å². The van der Waals surface area contributed by atoms with E-state index < -0.39 is 0 Å². The summed E-state index contributed by atoms with van der Waals surface area (Å²) in [6, 6.07) is 4.65. The molecule has 1 aromatic rings. The molecule has 1 atom stereocenters. The number of hydrogen-bond acceptors (Lipinski definition) is 3. The second-order valence-electron chi connectivity index (χ2n) is 4.39. The van der Waals surface area contributed by atoms with Gasteiger partial charge < -0.3 is 15.0 Å². The van der Waals surface area contributed by atoms with Crippen LogP contribution in [0.3, 0.4) is 0 Å². The molecule has 1 aliphatic heterocycles. The molecule has 1 aromatic heterocycles. The minimum absolute atomic E-state index is 0.515. The molecule has 0 aliphatic carbocycles. The van der Waals surface area contributed by atoms with Gasteiger partial charge in [0, 0.05) is 44.1 Å². The highest BCUT2D eigenvalue weighted by Gasteiger charge is 2.13. The molecule has 0 aromatic carbocycles. The van der Waals surface area contributed by atoms with Gasteiger partial charge in [-0.25, -0.2) is 0 Å². The Morgan fingerprint density at radius 2 is 2.31 bits per heavy atom. The van der Waals surface area contributed by atoms with Crippen molar-refractivity contribution in [1.82, 2.24) is 15.2 Å². The minimum Gasteiger partial charge on any atom is -0.379 e. The van der Waals surface area contributed by atoms with Crippen LogP contribution in [0, 0.1) is 0 Å². The van der Waals surface area contributed by atoms with Crippen LogP contribution >= 0.6 is 0 Å². The van der Waals surface area contributed by atoms with Gasteiger partial charge in [0.05, 0.1) is 13.2 Å². The number of morpholine rings is 1. The summed E-state index contributed by atoms with van der Waals surface area (Å²) in [6.07, 6.45) is 1.96. The van der Waals surface area contributed by atoms with Crippen molar-refractivity contribution in [1.29, 1.82) is 0 Å². The highest BCUT2D eigenvalue weighted by Crippen LogP contribution is 2.00. The van der Waals surface area contributed by atoms with Gasteiger partial charge in [-0.3, -0.25) is 4.90 Å². The number of nitrogens with zero attached hydrogens (tertiary/aromatic N) is 1. The van der Waals surface area contributed by atoms with Crippen LogP contribution in [-0.2, 0) is 11.3 Å². The van der Waals surface area contributed by atoms with E-state index in [1.165, 1.54) is 5.69 Å². The van der Waals surface area contributed by atoms with Crippen LogP contribution in [0.1, 0.15) is 12.6 Å². The van der Waals surface area contributed by atoms with Crippen LogP contribution in [0.25, 0.3) is 0 Å². The molecule has 0 saturated carbocycles. The smallest absolute Gasteiger partial charge is 0.0594 e. The first-order valence-electron chi connectivity index (χ1n) is 6.00. The predicted molar refractivity (Wildman–Crippen MR) is 64.4 cm³/mol. The van der Waals surface area contributed by atoms with E-state index in [0.717, 1.165) is 39.4 Å². The Labute approximate surface area is 97.0 Å². The zero-order valence-corrected chi connectivity index (χ0v) is 9.91. The van der Waals surface area contributed by atoms with Crippen LogP contribution in [0.4, 0.5) is 0 Å². The second-order valence-corrected chi connectivity index (χ2v) is 4.39. The van der Waals surface area contributed by atoms with Crippen molar-refractivity contribution in [3.8, 4) is 0 Å². The average Bonchev–Trinajstić information content (AvgIpc) is 2.81. The largest absolute Gasteiger partial charge is 0.379 e. The molecule has 2 heterocycles. The third-order valence-corrected chi connectivity index (χ3v) is 2.94. The summed E-state index contributed by atoms with van der Waals surface area (Å²) in [5.74, 6) is 0. The maximum Gasteiger partial charge on any atom is 0.0594 e. The van der Waals surface area contributed by atoms with Gasteiger partial charge in [-0.2, -0.15) is 0 Å². The molecule has 1 saturated heterocycles. The van der Waals surface area contributed by atoms with Gasteiger partial charge in [-0.15, -0.1) is 0 Å². The first-order chi connectivity index (χ1) is 7.84. The Hall–Kier alpha value is -0.840. The molecule has 90 valence electrons. The van der Waals surface area contributed by atoms with E-state index in [4.69, 9.17) is 4.74 Å². The molecule has 1 aliphatic rings. The van der Waals surface area contributed by atoms with E-state index in [2.05, 4.69) is 28.2 Å². The van der Waals surface area contributed by atoms with Crippen molar-refractivity contribution in [2.45, 2.75) is 19.5 Å². The monoisotopic (exact) mass is 223 g/mol. The van der Waals surface area contributed by atoms with Crippen LogP contribution in [-0.4, -0.2) is 48.8 Å². The maximum atomic E-state index is 5.33. The van der Waals surface area contributed by atoms with Gasteiger partial charge in [-0.05, 0) is 19.1 Å². The molecule has 0 spiro atoms. The summed E-state index contributed by atoms with van der Waals surface area (Å²) >= 11 is 0. The van der Waals surface area contributed by atoms with Gasteiger partial charge in [-0.1, -0.05) is 0 Å². The van der Waals surface area contributed by atoms with E-state index in [1.807, 2.05) is 12.3 Å². The summed E-state index contributed by atoms with van der Waals surface area (Å²) in [7, 11) is 0. The lowest BCUT2D eigenvalue weighted by Gasteiger charge is -2.29. The van der Waals surface area contributed by atoms with Gasteiger partial charge in [0.25, 0.3) is 0 Å². The minimum atomic E-state index is 0.515. The predicted octanol–water partition coefficient (Wildman–Crippen LogP) is 0.825. The molecule has 2 N–H and O–H groups in total. The number of aromatic amines is 1. The lowest BCUT2D eigenvalue weighted by molar-refractivity contribution is 0.0343. The summed E-state index contributed by atoms with van der Waals surface area (Å²) in [6.45, 7) is 8.14. The fourth-order valence-electron chi connectivity index (χ4n) is 2.00. The summed E-state index contributed by atoms with van der Waals surface area (Å²) in [4.78, 5) is 5.65. The van der Waals surface area contributed by atoms with Crippen LogP contribution < -0.4 is 5.32 Å². The molecule has 4 heteroatoms. The number of ether oxygens (including phenoxy) is 1. The molecule has 0 amide bonds. The SMILES string of the molecule is CC(CN1CCOCC1)NCc1ccc[nH]1. The number of H-pyrrole nitrogens is 1. The third-order valence-electron chi connectivity index (χ3n) is 2.94. The lowest BCUT2D eigenvalue weighted by atomic mass is 10.2. The Bertz CT molecular complexity index is 280. The van der Waals surface area contributed by atoms with Crippen molar-refractivity contribution in [3.05, 3.63) is 24.0 Å². The molecule has 1 unspecified atom stereocenters. The zero-order valence-electron chi connectivity index (χ0n) is 9.91. The summed E-state index contributed by atoms with van der Waals surface area (Å²) in [5, 5.41) is 3.52. The van der Waals surface area contributed by atoms with E-state index in [-0.39, 0.29) is 0 Å². The normalized spacial score (nSPS) is 19.8. The molecule has 16 heavy (non-hydrogen) atoms. The standard InChI is InChI=1S/C12H21N3O/c1-11(10-15-5-7-16-8-6-15)14-9-12-3-2-4-13-12/h2-4,11,13-14H,5-10H2,1H3. The lowest BCUT2D eigenvalue weighted by Crippen LogP contribution is -2.44. The highest BCUT2D eigenvalue weighted by atomic mass is 16.5. The first-order valence-corrected chi connectivity index (χ1v) is 6.00. The molecule has 1 fully saturated rings. The van der Waals surface area contributed by atoms with Gasteiger partial charge in [0.15, 0.2) is 0 Å². The van der Waals surface area contributed by atoms with Crippen molar-refractivity contribution in [3.63, 3.8) is 0 Å². The van der Waals surface area contributed by atoms with Crippen molar-refractivity contribution in [2.75, 3.05) is 32.8 Å². The van der Waals surface area contributed by atoms with Crippen LogP contribution in [0.15, 0.2) is 18.3 Å². The van der Waals surface area contributed by atoms with Crippen LogP contribution in [0.5, 0.6) is 0 Å².